The zero-order chi connectivity index (χ0) is 25.1. The summed E-state index contributed by atoms with van der Waals surface area (Å²) in [5.41, 5.74) is 1.82. The Balaban J connectivity index is 1.41. The standard InChI is InChI=1S/C24H26N6O6/c1-2-25-24(33)29-21-18-22(27-12-26-21)30(13-28-18)23-20-19(15(34-23)9-10-16(31)32)35-17(36-20)11-8-14-6-4-3-5-7-14/h3-8,11-13,15,17,19-20,23H,2,9-10H2,1H3,(H,31,32)(H2,25,26,27,29,33)/t15?,17-,19?,20?,23?/m0/s1. The topological polar surface area (TPSA) is 150 Å². The number of nitrogens with zero attached hydrogens (tertiary/aromatic N) is 4. The van der Waals surface area contributed by atoms with Crippen LogP contribution < -0.4 is 10.6 Å². The molecule has 2 fully saturated rings. The molecule has 4 heterocycles. The Labute approximate surface area is 206 Å². The molecule has 3 N–H and O–H groups in total. The van der Waals surface area contributed by atoms with Crippen LogP contribution in [0.25, 0.3) is 17.2 Å². The van der Waals surface area contributed by atoms with E-state index in [-0.39, 0.29) is 18.7 Å². The molecule has 0 bridgehead atoms. The normalized spacial score (nSPS) is 25.3. The van der Waals surface area contributed by atoms with E-state index in [4.69, 9.17) is 14.2 Å². The minimum atomic E-state index is -0.917. The van der Waals surface area contributed by atoms with E-state index in [1.807, 2.05) is 49.4 Å². The van der Waals surface area contributed by atoms with Gasteiger partial charge in [0.15, 0.2) is 29.5 Å². The van der Waals surface area contributed by atoms with Gasteiger partial charge in [-0.1, -0.05) is 36.4 Å². The average Bonchev–Trinajstić information content (AvgIpc) is 3.56. The average molecular weight is 495 g/mol. The van der Waals surface area contributed by atoms with Crippen molar-refractivity contribution in [3.63, 3.8) is 0 Å². The number of urea groups is 1. The molecule has 2 aliphatic heterocycles. The molecule has 0 aliphatic carbocycles. The Morgan fingerprint density at radius 2 is 1.92 bits per heavy atom. The van der Waals surface area contributed by atoms with Gasteiger partial charge in [-0.25, -0.2) is 19.7 Å². The maximum atomic E-state index is 12.0. The van der Waals surface area contributed by atoms with Crippen molar-refractivity contribution in [3.05, 3.63) is 54.6 Å². The number of hydrogen-bond donors (Lipinski definition) is 3. The summed E-state index contributed by atoms with van der Waals surface area (Å²) in [6.45, 7) is 2.27. The molecule has 2 saturated heterocycles. The second kappa shape index (κ2) is 10.4. The summed E-state index contributed by atoms with van der Waals surface area (Å²) in [4.78, 5) is 36.1. The highest BCUT2D eigenvalue weighted by Gasteiger charge is 2.53. The molecular weight excluding hydrogens is 468 g/mol. The van der Waals surface area contributed by atoms with Gasteiger partial charge < -0.3 is 24.6 Å². The Kier molecular flexibility index (Phi) is 6.89. The molecule has 3 aromatic rings. The number of carboxylic acid groups (broad SMARTS) is 1. The summed E-state index contributed by atoms with van der Waals surface area (Å²) in [5.74, 6) is -0.658. The number of amides is 2. The van der Waals surface area contributed by atoms with Crippen molar-refractivity contribution >= 4 is 35.1 Å². The van der Waals surface area contributed by atoms with Gasteiger partial charge in [-0.15, -0.1) is 0 Å². The Morgan fingerprint density at radius 1 is 1.11 bits per heavy atom. The maximum Gasteiger partial charge on any atom is 0.320 e. The molecule has 4 unspecified atom stereocenters. The molecule has 2 aliphatic rings. The molecule has 0 saturated carbocycles. The van der Waals surface area contributed by atoms with E-state index < -0.39 is 42.8 Å². The van der Waals surface area contributed by atoms with Crippen molar-refractivity contribution < 1.29 is 28.9 Å². The first-order valence-electron chi connectivity index (χ1n) is 11.7. The number of aromatic nitrogens is 4. The lowest BCUT2D eigenvalue weighted by molar-refractivity contribution is -0.141. The van der Waals surface area contributed by atoms with E-state index in [0.717, 1.165) is 5.56 Å². The van der Waals surface area contributed by atoms with Gasteiger partial charge in [0.05, 0.1) is 12.4 Å². The van der Waals surface area contributed by atoms with Crippen molar-refractivity contribution in [3.8, 4) is 0 Å². The first-order valence-corrected chi connectivity index (χ1v) is 11.7. The number of aliphatic carboxylic acids is 1. The van der Waals surface area contributed by atoms with Crippen molar-refractivity contribution in [2.75, 3.05) is 11.9 Å². The van der Waals surface area contributed by atoms with Gasteiger partial charge in [-0.05, 0) is 25.0 Å². The number of imidazole rings is 1. The van der Waals surface area contributed by atoms with E-state index >= 15 is 0 Å². The summed E-state index contributed by atoms with van der Waals surface area (Å²) in [6, 6.07) is 9.36. The number of hydrogen-bond acceptors (Lipinski definition) is 8. The fraction of sp³-hybridized carbons (Fsp3) is 0.375. The molecule has 188 valence electrons. The molecule has 0 spiro atoms. The quantitative estimate of drug-likeness (QED) is 0.429. The zero-order valence-electron chi connectivity index (χ0n) is 19.5. The van der Waals surface area contributed by atoms with Crippen LogP contribution in [-0.4, -0.2) is 67.8 Å². The van der Waals surface area contributed by atoms with Crippen LogP contribution in [0.15, 0.2) is 49.1 Å². The summed E-state index contributed by atoms with van der Waals surface area (Å²) in [7, 11) is 0. The molecule has 36 heavy (non-hydrogen) atoms. The number of ether oxygens (including phenoxy) is 3. The minimum absolute atomic E-state index is 0.0675. The number of benzene rings is 1. The van der Waals surface area contributed by atoms with Crippen LogP contribution in [-0.2, 0) is 19.0 Å². The van der Waals surface area contributed by atoms with Gasteiger partial charge in [0.2, 0.25) is 0 Å². The predicted octanol–water partition coefficient (Wildman–Crippen LogP) is 2.55. The SMILES string of the molecule is CCNC(=O)Nc1ncnc2c1ncn2C1OC(CCC(=O)O)C2O[C@H](C=Cc3ccccc3)OC21. The smallest absolute Gasteiger partial charge is 0.320 e. The lowest BCUT2D eigenvalue weighted by Gasteiger charge is -2.20. The molecule has 12 heteroatoms. The fourth-order valence-corrected chi connectivity index (χ4v) is 4.37. The molecule has 5 atom stereocenters. The summed E-state index contributed by atoms with van der Waals surface area (Å²) < 4.78 is 20.3. The van der Waals surface area contributed by atoms with Crippen molar-refractivity contribution in [2.45, 2.75) is 50.6 Å². The number of carbonyl (C=O) groups excluding carboxylic acids is 1. The highest BCUT2D eigenvalue weighted by molar-refractivity contribution is 5.95. The Morgan fingerprint density at radius 3 is 2.69 bits per heavy atom. The predicted molar refractivity (Wildman–Crippen MR) is 128 cm³/mol. The molecule has 12 nitrogen and oxygen atoms in total. The van der Waals surface area contributed by atoms with Crippen LogP contribution in [0.2, 0.25) is 0 Å². The lowest BCUT2D eigenvalue weighted by atomic mass is 10.1. The second-order valence-electron chi connectivity index (χ2n) is 8.37. The Hall–Kier alpha value is -3.87. The number of carboxylic acids is 1. The minimum Gasteiger partial charge on any atom is -0.481 e. The number of rotatable bonds is 8. The number of carbonyl (C=O) groups is 2. The van der Waals surface area contributed by atoms with E-state index in [2.05, 4.69) is 25.6 Å². The third kappa shape index (κ3) is 4.91. The fourth-order valence-electron chi connectivity index (χ4n) is 4.37. The highest BCUT2D eigenvalue weighted by Crippen LogP contribution is 2.42. The third-order valence-corrected chi connectivity index (χ3v) is 5.96. The van der Waals surface area contributed by atoms with Crippen molar-refractivity contribution in [1.82, 2.24) is 24.8 Å². The molecule has 0 radical (unpaired) electrons. The van der Waals surface area contributed by atoms with Gasteiger partial charge in [0.1, 0.15) is 18.5 Å². The van der Waals surface area contributed by atoms with Crippen LogP contribution in [0, 0.1) is 0 Å². The van der Waals surface area contributed by atoms with Gasteiger partial charge in [-0.3, -0.25) is 14.7 Å². The van der Waals surface area contributed by atoms with Crippen LogP contribution in [0.4, 0.5) is 10.6 Å². The molecular formula is C24H26N6O6. The number of anilines is 1. The van der Waals surface area contributed by atoms with E-state index in [9.17, 15) is 14.7 Å². The zero-order valence-corrected chi connectivity index (χ0v) is 19.5. The summed E-state index contributed by atoms with van der Waals surface area (Å²) >= 11 is 0. The lowest BCUT2D eigenvalue weighted by Crippen LogP contribution is -2.29. The summed E-state index contributed by atoms with van der Waals surface area (Å²) in [6.07, 6.45) is 3.99. The molecule has 1 aromatic carbocycles. The highest BCUT2D eigenvalue weighted by atomic mass is 16.8. The van der Waals surface area contributed by atoms with Gasteiger partial charge in [0.25, 0.3) is 0 Å². The van der Waals surface area contributed by atoms with Crippen LogP contribution >= 0.6 is 0 Å². The van der Waals surface area contributed by atoms with E-state index in [0.29, 0.717) is 17.7 Å². The molecule has 2 amide bonds. The molecule has 5 rings (SSSR count). The van der Waals surface area contributed by atoms with E-state index in [1.54, 1.807) is 10.9 Å². The third-order valence-electron chi connectivity index (χ3n) is 5.96. The van der Waals surface area contributed by atoms with Crippen LogP contribution in [0.3, 0.4) is 0 Å². The second-order valence-corrected chi connectivity index (χ2v) is 8.37. The van der Waals surface area contributed by atoms with Crippen molar-refractivity contribution in [1.29, 1.82) is 0 Å². The number of fused-ring (bicyclic) bond motifs is 2. The van der Waals surface area contributed by atoms with Crippen LogP contribution in [0.5, 0.6) is 0 Å². The van der Waals surface area contributed by atoms with Gasteiger partial charge >= 0.3 is 12.0 Å². The van der Waals surface area contributed by atoms with Crippen LogP contribution in [0.1, 0.15) is 31.6 Å². The maximum absolute atomic E-state index is 12.0. The Bertz CT molecular complexity index is 1260. The molecule has 2 aromatic heterocycles. The van der Waals surface area contributed by atoms with Crippen molar-refractivity contribution in [2.24, 2.45) is 0 Å². The van der Waals surface area contributed by atoms with Gasteiger partial charge in [0, 0.05) is 13.0 Å². The first kappa shape index (κ1) is 23.9. The largest absolute Gasteiger partial charge is 0.481 e. The monoisotopic (exact) mass is 494 g/mol. The first-order chi connectivity index (χ1) is 17.5. The van der Waals surface area contributed by atoms with Gasteiger partial charge in [-0.2, -0.15) is 0 Å². The van der Waals surface area contributed by atoms with E-state index in [1.165, 1.54) is 6.33 Å². The number of nitrogens with one attached hydrogen (secondary N) is 2. The summed E-state index contributed by atoms with van der Waals surface area (Å²) in [5, 5.41) is 14.5.